The summed E-state index contributed by atoms with van der Waals surface area (Å²) in [5.41, 5.74) is -1.94. The fourth-order valence-electron chi connectivity index (χ4n) is 1.50. The smallest absolute Gasteiger partial charge is 0.252 e. The maximum atomic E-state index is 13.7. The summed E-state index contributed by atoms with van der Waals surface area (Å²) in [6.07, 6.45) is -3.87. The molecule has 0 spiro atoms. The molecule has 2 rings (SSSR count). The Kier molecular flexibility index (Phi) is 2.87. The first-order valence-corrected chi connectivity index (χ1v) is 4.98. The Morgan fingerprint density at radius 3 is 2.50 bits per heavy atom. The van der Waals surface area contributed by atoms with Crippen molar-refractivity contribution in [1.82, 2.24) is 4.98 Å². The van der Waals surface area contributed by atoms with Gasteiger partial charge in [0.25, 0.3) is 0 Å². The Bertz CT molecular complexity index is 673. The van der Waals surface area contributed by atoms with E-state index in [1.807, 2.05) is 0 Å². The Balaban J connectivity index is 2.83. The number of halogens is 5. The van der Waals surface area contributed by atoms with E-state index in [0.29, 0.717) is 6.07 Å². The van der Waals surface area contributed by atoms with E-state index >= 15 is 0 Å². The van der Waals surface area contributed by atoms with Gasteiger partial charge in [0.15, 0.2) is 5.82 Å². The Morgan fingerprint density at radius 2 is 1.94 bits per heavy atom. The average molecular weight is 275 g/mol. The first-order chi connectivity index (χ1) is 8.36. The van der Waals surface area contributed by atoms with E-state index in [-0.39, 0.29) is 16.0 Å². The van der Waals surface area contributed by atoms with Crippen LogP contribution in [0.25, 0.3) is 10.9 Å². The molecule has 0 amide bonds. The molecule has 2 nitrogen and oxygen atoms in total. The van der Waals surface area contributed by atoms with E-state index in [1.54, 1.807) is 6.07 Å². The lowest BCUT2D eigenvalue weighted by Gasteiger charge is -2.10. The summed E-state index contributed by atoms with van der Waals surface area (Å²) in [7, 11) is 0. The maximum absolute atomic E-state index is 13.7. The number of pyridine rings is 1. The van der Waals surface area contributed by atoms with Crippen molar-refractivity contribution in [2.75, 3.05) is 0 Å². The molecule has 0 saturated carbocycles. The fourth-order valence-corrected chi connectivity index (χ4v) is 1.74. The Labute approximate surface area is 103 Å². The van der Waals surface area contributed by atoms with Crippen molar-refractivity contribution in [2.45, 2.75) is 6.18 Å². The maximum Gasteiger partial charge on any atom is 0.419 e. The molecule has 18 heavy (non-hydrogen) atoms. The molecule has 0 unspecified atom stereocenters. The molecule has 1 aromatic carbocycles. The molecule has 0 N–H and O–H groups in total. The largest absolute Gasteiger partial charge is 0.419 e. The van der Waals surface area contributed by atoms with Gasteiger partial charge in [-0.25, -0.2) is 4.39 Å². The van der Waals surface area contributed by atoms with Gasteiger partial charge in [0.2, 0.25) is 0 Å². The van der Waals surface area contributed by atoms with Gasteiger partial charge < -0.3 is 0 Å². The fraction of sp³-hybridized carbons (Fsp3) is 0.0909. The number of alkyl halides is 3. The monoisotopic (exact) mass is 274 g/mol. The second-order valence-corrected chi connectivity index (χ2v) is 3.80. The second kappa shape index (κ2) is 4.10. The quantitative estimate of drug-likeness (QED) is 0.683. The van der Waals surface area contributed by atoms with Gasteiger partial charge in [-0.2, -0.15) is 18.4 Å². The summed E-state index contributed by atoms with van der Waals surface area (Å²) in [4.78, 5) is 3.50. The van der Waals surface area contributed by atoms with Crippen molar-refractivity contribution in [2.24, 2.45) is 0 Å². The minimum absolute atomic E-state index is 0.0247. The van der Waals surface area contributed by atoms with Gasteiger partial charge in [-0.1, -0.05) is 17.7 Å². The summed E-state index contributed by atoms with van der Waals surface area (Å²) in [6, 6.07) is 3.29. The molecule has 92 valence electrons. The van der Waals surface area contributed by atoms with E-state index in [4.69, 9.17) is 16.9 Å². The lowest BCUT2D eigenvalue weighted by molar-refractivity contribution is -0.139. The molecule has 0 saturated heterocycles. The molecule has 1 aromatic heterocycles. The number of fused-ring (bicyclic) bond motifs is 1. The van der Waals surface area contributed by atoms with Crippen LogP contribution in [0, 0.1) is 17.1 Å². The van der Waals surface area contributed by atoms with Crippen molar-refractivity contribution in [3.8, 4) is 6.07 Å². The van der Waals surface area contributed by atoms with Gasteiger partial charge >= 0.3 is 6.18 Å². The zero-order chi connectivity index (χ0) is 13.5. The number of hydrogen-bond acceptors (Lipinski definition) is 2. The molecule has 2 aromatic rings. The van der Waals surface area contributed by atoms with Crippen LogP contribution in [0.15, 0.2) is 18.3 Å². The molecule has 0 aliphatic heterocycles. The summed E-state index contributed by atoms with van der Waals surface area (Å²) < 4.78 is 51.1. The number of nitrogens with zero attached hydrogens (tertiary/aromatic N) is 2. The van der Waals surface area contributed by atoms with Crippen LogP contribution in [0.3, 0.4) is 0 Å². The van der Waals surface area contributed by atoms with Gasteiger partial charge in [0.1, 0.15) is 11.6 Å². The van der Waals surface area contributed by atoms with Crippen LogP contribution in [0.2, 0.25) is 5.02 Å². The predicted molar refractivity (Wildman–Crippen MR) is 56.4 cm³/mol. The zero-order valence-corrected chi connectivity index (χ0v) is 9.27. The van der Waals surface area contributed by atoms with Crippen LogP contribution in [0.1, 0.15) is 11.1 Å². The highest BCUT2D eigenvalue weighted by molar-refractivity contribution is 6.36. The first-order valence-electron chi connectivity index (χ1n) is 4.60. The molecular formula is C11H3ClF4N2. The number of aromatic nitrogens is 1. The number of rotatable bonds is 0. The van der Waals surface area contributed by atoms with Crippen LogP contribution < -0.4 is 0 Å². The van der Waals surface area contributed by atoms with Crippen LogP contribution in [-0.2, 0) is 6.18 Å². The summed E-state index contributed by atoms with van der Waals surface area (Å²) in [6.45, 7) is 0. The third-order valence-corrected chi connectivity index (χ3v) is 2.74. The average Bonchev–Trinajstić information content (AvgIpc) is 2.29. The highest BCUT2D eigenvalue weighted by Gasteiger charge is 2.35. The summed E-state index contributed by atoms with van der Waals surface area (Å²) >= 11 is 5.77. The molecule has 0 bridgehead atoms. The standard InChI is InChI=1S/C11H3ClF4N2/c12-8-5(3-17)4-18-10-6(8)1-2-7(9(10)13)11(14,15)16/h1-2,4H. The van der Waals surface area contributed by atoms with E-state index < -0.39 is 23.1 Å². The normalized spacial score (nSPS) is 11.6. The van der Waals surface area contributed by atoms with Crippen LogP contribution in [-0.4, -0.2) is 4.98 Å². The predicted octanol–water partition coefficient (Wildman–Crippen LogP) is 3.92. The van der Waals surface area contributed by atoms with Crippen LogP contribution >= 0.6 is 11.6 Å². The lowest BCUT2D eigenvalue weighted by Crippen LogP contribution is -2.08. The topological polar surface area (TPSA) is 36.7 Å². The van der Waals surface area contributed by atoms with Crippen molar-refractivity contribution in [3.63, 3.8) is 0 Å². The van der Waals surface area contributed by atoms with E-state index in [2.05, 4.69) is 4.98 Å². The Morgan fingerprint density at radius 1 is 1.28 bits per heavy atom. The minimum Gasteiger partial charge on any atom is -0.252 e. The van der Waals surface area contributed by atoms with Gasteiger partial charge in [0, 0.05) is 11.6 Å². The van der Waals surface area contributed by atoms with Gasteiger partial charge in [-0.05, 0) is 6.07 Å². The molecule has 0 aliphatic carbocycles. The van der Waals surface area contributed by atoms with E-state index in [9.17, 15) is 17.6 Å². The van der Waals surface area contributed by atoms with Crippen molar-refractivity contribution >= 4 is 22.5 Å². The highest BCUT2D eigenvalue weighted by Crippen LogP contribution is 2.36. The second-order valence-electron chi connectivity index (χ2n) is 3.42. The SMILES string of the molecule is N#Cc1cnc2c(F)c(C(F)(F)F)ccc2c1Cl. The third-order valence-electron chi connectivity index (χ3n) is 2.34. The summed E-state index contributed by atoms with van der Waals surface area (Å²) in [5, 5.41) is 8.54. The molecule has 7 heteroatoms. The van der Waals surface area contributed by atoms with E-state index in [0.717, 1.165) is 12.3 Å². The van der Waals surface area contributed by atoms with Crippen molar-refractivity contribution in [1.29, 1.82) is 5.26 Å². The van der Waals surface area contributed by atoms with Gasteiger partial charge in [-0.3, -0.25) is 4.98 Å². The number of nitriles is 1. The Hall–Kier alpha value is -1.87. The highest BCUT2D eigenvalue weighted by atomic mass is 35.5. The minimum atomic E-state index is -4.81. The van der Waals surface area contributed by atoms with E-state index in [1.165, 1.54) is 0 Å². The molecule has 0 radical (unpaired) electrons. The molecular weight excluding hydrogens is 272 g/mol. The molecule has 1 heterocycles. The first kappa shape index (κ1) is 12.6. The molecule has 0 atom stereocenters. The third kappa shape index (κ3) is 1.87. The number of benzene rings is 1. The van der Waals surface area contributed by atoms with Crippen molar-refractivity contribution in [3.05, 3.63) is 40.3 Å². The molecule has 0 fully saturated rings. The number of hydrogen-bond donors (Lipinski definition) is 0. The molecule has 0 aliphatic rings. The summed E-state index contributed by atoms with van der Waals surface area (Å²) in [5.74, 6) is -1.49. The lowest BCUT2D eigenvalue weighted by atomic mass is 10.1. The van der Waals surface area contributed by atoms with Crippen molar-refractivity contribution < 1.29 is 17.6 Å². The van der Waals surface area contributed by atoms with Gasteiger partial charge in [-0.15, -0.1) is 0 Å². The van der Waals surface area contributed by atoms with Crippen LogP contribution in [0.4, 0.5) is 17.6 Å². The zero-order valence-electron chi connectivity index (χ0n) is 8.52. The van der Waals surface area contributed by atoms with Gasteiger partial charge in [0.05, 0.1) is 16.1 Å². The van der Waals surface area contributed by atoms with Crippen LogP contribution in [0.5, 0.6) is 0 Å².